The van der Waals surface area contributed by atoms with Crippen molar-refractivity contribution >= 4 is 39.7 Å². The number of fused-ring (bicyclic) bond motifs is 1. The smallest absolute Gasteiger partial charge is 0.332 e. The minimum Gasteiger partial charge on any atom is -0.497 e. The molecule has 0 saturated carbocycles. The Hall–Kier alpha value is -3.12. The highest BCUT2D eigenvalue weighted by Crippen LogP contribution is 2.24. The predicted molar refractivity (Wildman–Crippen MR) is 145 cm³/mol. The lowest BCUT2D eigenvalue weighted by molar-refractivity contribution is 0.414. The first kappa shape index (κ1) is 23.6. The second-order valence-electron chi connectivity index (χ2n) is 8.58. The molecule has 2 aromatic carbocycles. The van der Waals surface area contributed by atoms with E-state index in [0.29, 0.717) is 29.4 Å². The number of anilines is 1. The second-order valence-corrected chi connectivity index (χ2v) is 9.75. The van der Waals surface area contributed by atoms with Gasteiger partial charge in [0.2, 0.25) is 5.95 Å². The van der Waals surface area contributed by atoms with Crippen molar-refractivity contribution in [2.45, 2.75) is 13.1 Å². The highest BCUT2D eigenvalue weighted by Gasteiger charge is 2.25. The van der Waals surface area contributed by atoms with Gasteiger partial charge in [-0.2, -0.15) is 4.98 Å². The van der Waals surface area contributed by atoms with Crippen LogP contribution < -0.4 is 26.2 Å². The minimum absolute atomic E-state index is 0.148. The summed E-state index contributed by atoms with van der Waals surface area (Å²) < 4.78 is 11.2. The van der Waals surface area contributed by atoms with Crippen molar-refractivity contribution in [1.29, 1.82) is 0 Å². The van der Waals surface area contributed by atoms with Crippen LogP contribution in [-0.4, -0.2) is 52.0 Å². The first-order valence-corrected chi connectivity index (χ1v) is 12.6. The molecular weight excluding hydrogens is 559 g/mol. The molecule has 0 amide bonds. The standard InChI is InChI=1S/C25H27IN6O3/c1-29-22-21(23(33)32(25(29)34)15-17-6-5-8-19(14-17)35-2)31(16-18-7-3-4-9-20(18)26)24(28-22)30-12-10-27-11-13-30/h3-9,14,27H,10-13,15-16H2,1-2H3. The van der Waals surface area contributed by atoms with E-state index in [2.05, 4.69) is 44.9 Å². The summed E-state index contributed by atoms with van der Waals surface area (Å²) in [6, 6.07) is 15.5. The van der Waals surface area contributed by atoms with Crippen LogP contribution in [0.2, 0.25) is 0 Å². The molecule has 0 bridgehead atoms. The van der Waals surface area contributed by atoms with Gasteiger partial charge in [0.25, 0.3) is 5.56 Å². The molecule has 2 aromatic heterocycles. The number of rotatable bonds is 6. The van der Waals surface area contributed by atoms with Gasteiger partial charge in [-0.05, 0) is 51.9 Å². The molecule has 5 rings (SSSR count). The van der Waals surface area contributed by atoms with Crippen molar-refractivity contribution in [3.8, 4) is 5.75 Å². The summed E-state index contributed by atoms with van der Waals surface area (Å²) in [6.45, 7) is 3.87. The second kappa shape index (κ2) is 9.86. The van der Waals surface area contributed by atoms with Crippen LogP contribution in [0.5, 0.6) is 5.75 Å². The Labute approximate surface area is 216 Å². The zero-order valence-electron chi connectivity index (χ0n) is 19.7. The Morgan fingerprint density at radius 2 is 1.80 bits per heavy atom. The number of halogens is 1. The minimum atomic E-state index is -0.392. The lowest BCUT2D eigenvalue weighted by Crippen LogP contribution is -2.44. The number of imidazole rings is 1. The van der Waals surface area contributed by atoms with Gasteiger partial charge in [0.15, 0.2) is 11.2 Å². The molecule has 0 atom stereocenters. The van der Waals surface area contributed by atoms with Crippen LogP contribution in [0.25, 0.3) is 11.2 Å². The van der Waals surface area contributed by atoms with Crippen molar-refractivity contribution in [2.75, 3.05) is 38.2 Å². The third-order valence-electron chi connectivity index (χ3n) is 6.37. The molecular formula is C25H27IN6O3. The number of aromatic nitrogens is 4. The maximum atomic E-state index is 13.9. The first-order chi connectivity index (χ1) is 17.0. The Morgan fingerprint density at radius 1 is 1.03 bits per heavy atom. The number of nitrogens with one attached hydrogen (secondary N) is 1. The fourth-order valence-corrected chi connectivity index (χ4v) is 5.06. The van der Waals surface area contributed by atoms with Crippen LogP contribution in [0.3, 0.4) is 0 Å². The molecule has 182 valence electrons. The fourth-order valence-electron chi connectivity index (χ4n) is 4.51. The zero-order valence-corrected chi connectivity index (χ0v) is 21.9. The maximum Gasteiger partial charge on any atom is 0.332 e. The molecule has 1 N–H and O–H groups in total. The van der Waals surface area contributed by atoms with Crippen molar-refractivity contribution in [3.05, 3.63) is 84.1 Å². The van der Waals surface area contributed by atoms with Gasteiger partial charge in [-0.25, -0.2) is 4.79 Å². The van der Waals surface area contributed by atoms with Crippen LogP contribution in [-0.2, 0) is 20.1 Å². The Balaban J connectivity index is 1.72. The first-order valence-electron chi connectivity index (χ1n) is 11.5. The van der Waals surface area contributed by atoms with Gasteiger partial charge in [-0.3, -0.25) is 18.5 Å². The van der Waals surface area contributed by atoms with Gasteiger partial charge < -0.3 is 15.0 Å². The number of nitrogens with zero attached hydrogens (tertiary/aromatic N) is 5. The summed E-state index contributed by atoms with van der Waals surface area (Å²) in [7, 11) is 3.27. The quantitative estimate of drug-likeness (QED) is 0.348. The number of hydrogen-bond donors (Lipinski definition) is 1. The zero-order chi connectivity index (χ0) is 24.5. The van der Waals surface area contributed by atoms with Crippen LogP contribution in [0, 0.1) is 3.57 Å². The van der Waals surface area contributed by atoms with Gasteiger partial charge in [0.1, 0.15) is 5.75 Å². The molecule has 0 radical (unpaired) electrons. The molecule has 1 aliphatic heterocycles. The van der Waals surface area contributed by atoms with Gasteiger partial charge in [0.05, 0.1) is 20.2 Å². The van der Waals surface area contributed by atoms with E-state index in [-0.39, 0.29) is 12.1 Å². The van der Waals surface area contributed by atoms with Gasteiger partial charge in [0, 0.05) is 36.8 Å². The molecule has 0 aliphatic carbocycles. The molecule has 35 heavy (non-hydrogen) atoms. The number of aryl methyl sites for hydroxylation is 1. The molecule has 0 spiro atoms. The molecule has 1 saturated heterocycles. The topological polar surface area (TPSA) is 86.3 Å². The summed E-state index contributed by atoms with van der Waals surface area (Å²) in [4.78, 5) is 34.2. The molecule has 3 heterocycles. The maximum absolute atomic E-state index is 13.9. The highest BCUT2D eigenvalue weighted by atomic mass is 127. The van der Waals surface area contributed by atoms with Crippen LogP contribution in [0.1, 0.15) is 11.1 Å². The van der Waals surface area contributed by atoms with E-state index in [4.69, 9.17) is 9.72 Å². The molecule has 9 nitrogen and oxygen atoms in total. The van der Waals surface area contributed by atoms with Crippen molar-refractivity contribution < 1.29 is 4.74 Å². The van der Waals surface area contributed by atoms with E-state index in [1.54, 1.807) is 14.2 Å². The summed E-state index contributed by atoms with van der Waals surface area (Å²) in [5.41, 5.74) is 2.01. The number of hydrogen-bond acceptors (Lipinski definition) is 6. The molecule has 10 heteroatoms. The van der Waals surface area contributed by atoms with E-state index >= 15 is 0 Å². The van der Waals surface area contributed by atoms with Crippen LogP contribution in [0.4, 0.5) is 5.95 Å². The van der Waals surface area contributed by atoms with Crippen LogP contribution >= 0.6 is 22.6 Å². The SMILES string of the molecule is COc1cccc(Cn2c(=O)c3c(nc(N4CCNCC4)n3Cc3ccccc3I)n(C)c2=O)c1. The van der Waals surface area contributed by atoms with Gasteiger partial charge in [-0.15, -0.1) is 0 Å². The Morgan fingerprint density at radius 3 is 2.54 bits per heavy atom. The average Bonchev–Trinajstić information content (AvgIpc) is 3.27. The number of benzene rings is 2. The largest absolute Gasteiger partial charge is 0.497 e. The Bertz CT molecular complexity index is 1500. The molecule has 1 fully saturated rings. The number of piperazine rings is 1. The fraction of sp³-hybridized carbons (Fsp3) is 0.320. The summed E-state index contributed by atoms with van der Waals surface area (Å²) in [5, 5.41) is 3.36. The summed E-state index contributed by atoms with van der Waals surface area (Å²) in [6.07, 6.45) is 0. The van der Waals surface area contributed by atoms with E-state index < -0.39 is 5.69 Å². The summed E-state index contributed by atoms with van der Waals surface area (Å²) in [5.74, 6) is 1.39. The molecule has 1 aliphatic rings. The average molecular weight is 586 g/mol. The van der Waals surface area contributed by atoms with Gasteiger partial charge >= 0.3 is 5.69 Å². The number of ether oxygens (including phenoxy) is 1. The van der Waals surface area contributed by atoms with Crippen LogP contribution in [0.15, 0.2) is 58.1 Å². The van der Waals surface area contributed by atoms with Crippen molar-refractivity contribution in [2.24, 2.45) is 7.05 Å². The number of methoxy groups -OCH3 is 1. The lowest BCUT2D eigenvalue weighted by atomic mass is 10.2. The third kappa shape index (κ3) is 4.47. The van der Waals surface area contributed by atoms with Crippen molar-refractivity contribution in [3.63, 3.8) is 0 Å². The van der Waals surface area contributed by atoms with E-state index in [1.807, 2.05) is 41.0 Å². The lowest BCUT2D eigenvalue weighted by Gasteiger charge is -2.28. The third-order valence-corrected chi connectivity index (χ3v) is 7.43. The summed E-state index contributed by atoms with van der Waals surface area (Å²) >= 11 is 2.32. The highest BCUT2D eigenvalue weighted by molar-refractivity contribution is 14.1. The van der Waals surface area contributed by atoms with Gasteiger partial charge in [-0.1, -0.05) is 30.3 Å². The molecule has 0 unspecified atom stereocenters. The predicted octanol–water partition coefficient (Wildman–Crippen LogP) is 2.02. The van der Waals surface area contributed by atoms with Crippen molar-refractivity contribution in [1.82, 2.24) is 24.0 Å². The Kier molecular flexibility index (Phi) is 6.65. The molecule has 4 aromatic rings. The normalized spacial score (nSPS) is 14.0. The van der Waals surface area contributed by atoms with E-state index in [0.717, 1.165) is 40.9 Å². The monoisotopic (exact) mass is 586 g/mol. The van der Waals surface area contributed by atoms with E-state index in [9.17, 15) is 9.59 Å². The van der Waals surface area contributed by atoms with E-state index in [1.165, 1.54) is 9.13 Å².